The number of nitrogens with two attached hydrogens (primary N) is 1. The van der Waals surface area contributed by atoms with Crippen LogP contribution >= 0.6 is 11.6 Å². The van der Waals surface area contributed by atoms with Crippen LogP contribution in [-0.4, -0.2) is 37.5 Å². The monoisotopic (exact) mass is 523 g/mol. The minimum Gasteiger partial charge on any atom is -0.369 e. The molecule has 3 N–H and O–H groups in total. The second kappa shape index (κ2) is 8.40. The van der Waals surface area contributed by atoms with Crippen LogP contribution in [0.2, 0.25) is 5.15 Å². The summed E-state index contributed by atoms with van der Waals surface area (Å²) in [5.74, 6) is -0.524. The van der Waals surface area contributed by atoms with Crippen molar-refractivity contribution in [2.24, 2.45) is 11.1 Å². The number of aromatic nitrogens is 2. The van der Waals surface area contributed by atoms with Gasteiger partial charge in [-0.2, -0.15) is 0 Å². The average molecular weight is 524 g/mol. The van der Waals surface area contributed by atoms with Gasteiger partial charge in [0.05, 0.1) is 16.1 Å². The van der Waals surface area contributed by atoms with Gasteiger partial charge >= 0.3 is 0 Å². The third kappa shape index (κ3) is 4.07. The number of anilines is 2. The number of fused-ring (bicyclic) bond motifs is 1. The predicted octanol–water partition coefficient (Wildman–Crippen LogP) is 4.82. The molecule has 2 aliphatic rings. The summed E-state index contributed by atoms with van der Waals surface area (Å²) in [5.41, 5.74) is 10.3. The standard InChI is InChI=1S/C26H23ClFN5O2S/c27-25-22(32-36(34,35)19-4-2-18(28)3-5-19)12-17(13-31-25)16-1-6-21-20(11-16)23(7-10-30-21)33-14-24(29)26(15-33)8-9-26/h1-7,10-13,24,32H,8-9,14-15,29H2. The SMILES string of the molecule is NC1CN(c2ccnc3ccc(-c4cnc(Cl)c(NS(=O)(=O)c5ccc(F)cc5)c4)cc23)CC12CC2. The number of nitrogens with one attached hydrogen (secondary N) is 1. The van der Waals surface area contributed by atoms with E-state index in [1.54, 1.807) is 12.3 Å². The highest BCUT2D eigenvalue weighted by molar-refractivity contribution is 7.92. The lowest BCUT2D eigenvalue weighted by Crippen LogP contribution is -2.30. The van der Waals surface area contributed by atoms with Crippen LogP contribution in [0.25, 0.3) is 22.0 Å². The quantitative estimate of drug-likeness (QED) is 0.364. The number of halogens is 2. The van der Waals surface area contributed by atoms with E-state index in [1.807, 2.05) is 30.5 Å². The molecule has 4 aromatic rings. The van der Waals surface area contributed by atoms with Gasteiger partial charge in [-0.15, -0.1) is 0 Å². The lowest BCUT2D eigenvalue weighted by atomic mass is 10.0. The number of rotatable bonds is 5. The molecular weight excluding hydrogens is 501 g/mol. The summed E-state index contributed by atoms with van der Waals surface area (Å²) in [6.07, 6.45) is 5.76. The summed E-state index contributed by atoms with van der Waals surface area (Å²) in [6, 6.07) is 14.3. The second-order valence-corrected chi connectivity index (χ2v) is 11.6. The first-order valence-corrected chi connectivity index (χ1v) is 13.4. The Kier molecular flexibility index (Phi) is 5.40. The van der Waals surface area contributed by atoms with Crippen molar-refractivity contribution in [3.05, 3.63) is 78.0 Å². The van der Waals surface area contributed by atoms with Crippen LogP contribution in [0.15, 0.2) is 71.9 Å². The van der Waals surface area contributed by atoms with E-state index < -0.39 is 15.8 Å². The number of hydrogen-bond acceptors (Lipinski definition) is 6. The molecule has 2 aromatic carbocycles. The molecule has 1 saturated heterocycles. The molecule has 6 rings (SSSR count). The molecule has 1 aliphatic carbocycles. The highest BCUT2D eigenvalue weighted by Gasteiger charge is 2.53. The molecule has 36 heavy (non-hydrogen) atoms. The number of sulfonamides is 1. The van der Waals surface area contributed by atoms with Gasteiger partial charge in [-0.25, -0.2) is 17.8 Å². The van der Waals surface area contributed by atoms with E-state index in [0.717, 1.165) is 47.4 Å². The molecular formula is C26H23ClFN5O2S. The molecule has 184 valence electrons. The number of hydrogen-bond donors (Lipinski definition) is 2. The van der Waals surface area contributed by atoms with Crippen LogP contribution in [0.5, 0.6) is 0 Å². The molecule has 7 nitrogen and oxygen atoms in total. The molecule has 1 spiro atoms. The molecule has 10 heteroatoms. The summed E-state index contributed by atoms with van der Waals surface area (Å²) < 4.78 is 41.4. The molecule has 0 radical (unpaired) electrons. The van der Waals surface area contributed by atoms with Crippen molar-refractivity contribution in [2.45, 2.75) is 23.8 Å². The molecule has 1 unspecified atom stereocenters. The van der Waals surface area contributed by atoms with Crippen molar-refractivity contribution >= 4 is 43.9 Å². The average Bonchev–Trinajstić information content (AvgIpc) is 3.57. The van der Waals surface area contributed by atoms with E-state index in [1.165, 1.54) is 25.0 Å². The van der Waals surface area contributed by atoms with E-state index in [0.29, 0.717) is 5.56 Å². The topological polar surface area (TPSA) is 101 Å². The van der Waals surface area contributed by atoms with Gasteiger partial charge in [0.15, 0.2) is 5.15 Å². The Morgan fingerprint density at radius 3 is 2.56 bits per heavy atom. The van der Waals surface area contributed by atoms with E-state index in [2.05, 4.69) is 19.6 Å². The maximum Gasteiger partial charge on any atom is 0.261 e. The molecule has 3 heterocycles. The third-order valence-electron chi connectivity index (χ3n) is 7.20. The first-order valence-electron chi connectivity index (χ1n) is 11.6. The highest BCUT2D eigenvalue weighted by atomic mass is 35.5. The van der Waals surface area contributed by atoms with Crippen molar-refractivity contribution in [3.8, 4) is 11.1 Å². The molecule has 1 atom stereocenters. The zero-order valence-corrected chi connectivity index (χ0v) is 20.7. The van der Waals surface area contributed by atoms with Crippen molar-refractivity contribution in [1.29, 1.82) is 0 Å². The van der Waals surface area contributed by atoms with Gasteiger partial charge in [-0.1, -0.05) is 17.7 Å². The fraction of sp³-hybridized carbons (Fsp3) is 0.231. The zero-order chi connectivity index (χ0) is 25.1. The molecule has 1 saturated carbocycles. The maximum atomic E-state index is 13.2. The smallest absolute Gasteiger partial charge is 0.261 e. The molecule has 2 fully saturated rings. The fourth-order valence-corrected chi connectivity index (χ4v) is 6.21. The predicted molar refractivity (Wildman–Crippen MR) is 139 cm³/mol. The number of pyridine rings is 2. The van der Waals surface area contributed by atoms with E-state index >= 15 is 0 Å². The van der Waals surface area contributed by atoms with Gasteiger partial charge < -0.3 is 10.6 Å². The van der Waals surface area contributed by atoms with Gasteiger partial charge in [0.1, 0.15) is 5.82 Å². The summed E-state index contributed by atoms with van der Waals surface area (Å²) in [6.45, 7) is 1.75. The highest BCUT2D eigenvalue weighted by Crippen LogP contribution is 2.53. The van der Waals surface area contributed by atoms with Gasteiger partial charge in [0, 0.05) is 53.6 Å². The second-order valence-electron chi connectivity index (χ2n) is 9.53. The Bertz CT molecular complexity index is 1590. The van der Waals surface area contributed by atoms with Crippen LogP contribution in [0, 0.1) is 11.2 Å². The number of benzene rings is 2. The first-order chi connectivity index (χ1) is 17.2. The normalized spacial score (nSPS) is 18.6. The van der Waals surface area contributed by atoms with Crippen molar-refractivity contribution < 1.29 is 12.8 Å². The molecule has 1 aliphatic heterocycles. The molecule has 0 bridgehead atoms. The van der Waals surface area contributed by atoms with Gasteiger partial charge in [0.25, 0.3) is 10.0 Å². The third-order valence-corrected chi connectivity index (χ3v) is 8.88. The van der Waals surface area contributed by atoms with Gasteiger partial charge in [-0.05, 0) is 66.9 Å². The zero-order valence-electron chi connectivity index (χ0n) is 19.2. The van der Waals surface area contributed by atoms with E-state index in [-0.39, 0.29) is 27.2 Å². The Morgan fingerprint density at radius 1 is 1.06 bits per heavy atom. The lowest BCUT2D eigenvalue weighted by Gasteiger charge is -2.20. The Balaban J connectivity index is 1.35. The van der Waals surface area contributed by atoms with E-state index in [4.69, 9.17) is 17.3 Å². The Hall–Kier alpha value is -3.27. The van der Waals surface area contributed by atoms with Crippen LogP contribution < -0.4 is 15.4 Å². The fourth-order valence-electron chi connectivity index (χ4n) is 4.95. The van der Waals surface area contributed by atoms with E-state index in [9.17, 15) is 12.8 Å². The summed E-state index contributed by atoms with van der Waals surface area (Å²) in [4.78, 5) is 11.0. The lowest BCUT2D eigenvalue weighted by molar-refractivity contribution is 0.500. The van der Waals surface area contributed by atoms with Crippen LogP contribution in [0.1, 0.15) is 12.8 Å². The summed E-state index contributed by atoms with van der Waals surface area (Å²) in [5, 5.41) is 0.997. The van der Waals surface area contributed by atoms with Crippen molar-refractivity contribution in [3.63, 3.8) is 0 Å². The van der Waals surface area contributed by atoms with Crippen molar-refractivity contribution in [2.75, 3.05) is 22.7 Å². The van der Waals surface area contributed by atoms with Gasteiger partial charge in [0.2, 0.25) is 0 Å². The number of nitrogens with zero attached hydrogens (tertiary/aromatic N) is 3. The largest absolute Gasteiger partial charge is 0.369 e. The van der Waals surface area contributed by atoms with Crippen LogP contribution in [0.4, 0.5) is 15.8 Å². The molecule has 2 aromatic heterocycles. The van der Waals surface area contributed by atoms with Crippen molar-refractivity contribution in [1.82, 2.24) is 9.97 Å². The van der Waals surface area contributed by atoms with Crippen LogP contribution in [0.3, 0.4) is 0 Å². The van der Waals surface area contributed by atoms with Crippen LogP contribution in [-0.2, 0) is 10.0 Å². The Labute approximate surface area is 213 Å². The Morgan fingerprint density at radius 2 is 1.83 bits per heavy atom. The summed E-state index contributed by atoms with van der Waals surface area (Å²) >= 11 is 6.23. The first kappa shape index (κ1) is 23.1. The summed E-state index contributed by atoms with van der Waals surface area (Å²) in [7, 11) is -3.98. The molecule has 0 amide bonds. The minimum atomic E-state index is -3.98. The minimum absolute atomic E-state index is 0.00775. The van der Waals surface area contributed by atoms with Gasteiger partial charge in [-0.3, -0.25) is 9.71 Å². The maximum absolute atomic E-state index is 13.2.